The van der Waals surface area contributed by atoms with E-state index in [1.807, 2.05) is 18.2 Å². The average molecular weight is 1790 g/mol. The highest BCUT2D eigenvalue weighted by atomic mass is 19.3. The van der Waals surface area contributed by atoms with Gasteiger partial charge in [-0.2, -0.15) is 0 Å². The van der Waals surface area contributed by atoms with E-state index in [0.717, 1.165) is 60.8 Å². The summed E-state index contributed by atoms with van der Waals surface area (Å²) in [7, 11) is 8.96. The van der Waals surface area contributed by atoms with Crippen LogP contribution in [0.4, 0.5) is 22.0 Å². The second-order valence-corrected chi connectivity index (χ2v) is 33.8. The van der Waals surface area contributed by atoms with Gasteiger partial charge in [-0.15, -0.1) is 61.2 Å². The minimum Gasteiger partial charge on any atom is -0.480 e. The van der Waals surface area contributed by atoms with Crippen LogP contribution in [0.15, 0.2) is 73.6 Å². The van der Waals surface area contributed by atoms with E-state index in [1.165, 1.54) is 64.9 Å². The van der Waals surface area contributed by atoms with Gasteiger partial charge in [0.15, 0.2) is 34.7 Å². The van der Waals surface area contributed by atoms with E-state index in [4.69, 9.17) is 28.4 Å². The summed E-state index contributed by atoms with van der Waals surface area (Å²) in [6, 6.07) is 10.4. The highest BCUT2D eigenvalue weighted by Gasteiger charge is 2.46. The Hall–Kier alpha value is -13.8. The molecule has 18 rings (SSSR count). The summed E-state index contributed by atoms with van der Waals surface area (Å²) in [6.07, 6.45) is 15.2. The lowest BCUT2D eigenvalue weighted by Gasteiger charge is -2.43. The molecule has 41 heteroatoms. The topological polar surface area (TPSA) is 487 Å². The molecule has 0 aromatic carbocycles. The zero-order valence-electron chi connectivity index (χ0n) is 71.8. The fourth-order valence-electron chi connectivity index (χ4n) is 16.5. The lowest BCUT2D eigenvalue weighted by Crippen LogP contribution is -2.35. The van der Waals surface area contributed by atoms with Crippen LogP contribution in [0.5, 0.6) is 35.3 Å². The second kappa shape index (κ2) is 39.2. The number of alkyl halides is 5. The predicted octanol–water partition coefficient (Wildman–Crippen LogP) is 8.95. The monoisotopic (exact) mass is 1780 g/mol. The van der Waals surface area contributed by atoms with Gasteiger partial charge in [0.25, 0.3) is 0 Å². The van der Waals surface area contributed by atoms with Gasteiger partial charge in [-0.1, -0.05) is 20.3 Å². The molecule has 36 nitrogen and oxygen atoms in total. The van der Waals surface area contributed by atoms with Gasteiger partial charge in [-0.25, -0.2) is 22.0 Å². The fraction of sp³-hybridized carbons (Fsp3) is 0.455. The first-order valence-corrected chi connectivity index (χ1v) is 41.6. The number of carbonyl (C=O) groups excluding carboxylic acids is 12. The molecule has 12 aliphatic rings. The van der Waals surface area contributed by atoms with Crippen LogP contribution in [-0.4, -0.2) is 191 Å². The van der Waals surface area contributed by atoms with Gasteiger partial charge in [-0.3, -0.25) is 57.5 Å². The van der Waals surface area contributed by atoms with Crippen molar-refractivity contribution in [3.8, 4) is 35.3 Å². The summed E-state index contributed by atoms with van der Waals surface area (Å²) >= 11 is 0. The highest BCUT2D eigenvalue weighted by Crippen LogP contribution is 2.54. The third-order valence-electron chi connectivity index (χ3n) is 23.6. The molecule has 2 atom stereocenters. The van der Waals surface area contributed by atoms with Crippen molar-refractivity contribution in [3.05, 3.63) is 141 Å². The largest absolute Gasteiger partial charge is 0.480 e. The van der Waals surface area contributed by atoms with Crippen molar-refractivity contribution in [1.29, 1.82) is 0 Å². The van der Waals surface area contributed by atoms with Crippen LogP contribution in [0.2, 0.25) is 0 Å². The Kier molecular flexibility index (Phi) is 28.2. The molecule has 6 saturated carbocycles. The molecule has 6 amide bonds. The van der Waals surface area contributed by atoms with Gasteiger partial charge in [-0.05, 0) is 148 Å². The van der Waals surface area contributed by atoms with Crippen LogP contribution in [0.1, 0.15) is 259 Å². The molecule has 0 radical (unpaired) electrons. The van der Waals surface area contributed by atoms with Crippen LogP contribution >= 0.6 is 0 Å². The number of methoxy groups -OCH3 is 6. The maximum atomic E-state index is 13.7. The summed E-state index contributed by atoms with van der Waals surface area (Å²) in [5.74, 6) is -6.49. The van der Waals surface area contributed by atoms with E-state index in [1.54, 1.807) is 46.5 Å². The molecule has 6 aromatic heterocycles. The van der Waals surface area contributed by atoms with Gasteiger partial charge in [0.05, 0.1) is 149 Å². The van der Waals surface area contributed by atoms with Crippen LogP contribution in [0, 0.1) is 5.41 Å². The summed E-state index contributed by atoms with van der Waals surface area (Å²) < 4.78 is 98.9. The zero-order valence-corrected chi connectivity index (χ0v) is 71.8. The molecule has 0 saturated heterocycles. The Morgan fingerprint density at radius 3 is 0.651 bits per heavy atom. The summed E-state index contributed by atoms with van der Waals surface area (Å²) in [6.45, 7) is 6.02. The van der Waals surface area contributed by atoms with Crippen LogP contribution in [0.25, 0.3) is 33.4 Å². The summed E-state index contributed by atoms with van der Waals surface area (Å²) in [4.78, 5) is 139. The van der Waals surface area contributed by atoms with Gasteiger partial charge in [0.2, 0.25) is 82.6 Å². The molecule has 6 aliphatic heterocycles. The molecule has 6 aromatic rings. The summed E-state index contributed by atoms with van der Waals surface area (Å²) in [5.41, 5.74) is 8.17. The number of rotatable bonds is 18. The molecular formula is C88H93F5N18O18. The minimum atomic E-state index is -2.70. The fourth-order valence-corrected chi connectivity index (χ4v) is 16.5. The minimum absolute atomic E-state index is 0.00640. The van der Waals surface area contributed by atoms with Crippen LogP contribution in [0.3, 0.4) is 0 Å². The van der Waals surface area contributed by atoms with E-state index < -0.39 is 41.2 Å². The molecule has 0 spiro atoms. The SMILES string of the molecule is COc1nnc(C2=CNC(=O)CC2=O)cc1C1CC(C)(C)C1.COc1nnc(C2=CNC(=O)CC2=O)cc1C1CC(C)(F)C1.COc1nnc(C2=CNC(=O)CC2=O)cc1C1CC1.COc1nnc(C2=CNC(=O)CC2=O)cc1C1CCC(F)(F)C1.COc1nnc(C2=CNC(=O)CC2=O)cc1C1CCC(F)(F)C1.COc1nnc(C2=CNC(=O)CC2=O)cc1C1CCC1. The van der Waals surface area contributed by atoms with Gasteiger partial charge in [0.1, 0.15) is 5.67 Å². The number of ketones is 6. The number of amides is 6. The van der Waals surface area contributed by atoms with Gasteiger partial charge < -0.3 is 60.3 Å². The number of nitrogens with zero attached hydrogens (tertiary/aromatic N) is 12. The predicted molar refractivity (Wildman–Crippen MR) is 445 cm³/mol. The number of hydrogen-bond acceptors (Lipinski definition) is 30. The average Bonchev–Trinajstić information content (AvgIpc) is 1.63. The number of ether oxygens (including phenoxy) is 6. The van der Waals surface area contributed by atoms with Crippen LogP contribution < -0.4 is 60.3 Å². The first-order valence-electron chi connectivity index (χ1n) is 41.6. The number of halogens is 5. The van der Waals surface area contributed by atoms with E-state index in [2.05, 4.69) is 107 Å². The molecule has 12 heterocycles. The maximum absolute atomic E-state index is 13.7. The first kappa shape index (κ1) is 92.9. The molecule has 6 aliphatic carbocycles. The zero-order chi connectivity index (χ0) is 92.6. The second-order valence-electron chi connectivity index (χ2n) is 33.8. The van der Waals surface area contributed by atoms with Crippen molar-refractivity contribution in [3.63, 3.8) is 0 Å². The molecule has 0 bridgehead atoms. The number of aromatic nitrogens is 12. The third-order valence-corrected chi connectivity index (χ3v) is 23.6. The Balaban J connectivity index is 0.000000132. The highest BCUT2D eigenvalue weighted by molar-refractivity contribution is 6.30. The molecule has 2 unspecified atom stereocenters. The molecular weight excluding hydrogens is 1690 g/mol. The van der Waals surface area contributed by atoms with Crippen molar-refractivity contribution in [2.45, 2.75) is 209 Å². The van der Waals surface area contributed by atoms with E-state index in [0.29, 0.717) is 129 Å². The van der Waals surface area contributed by atoms with Crippen molar-refractivity contribution < 1.29 is 108 Å². The molecule has 6 fully saturated rings. The Morgan fingerprint density at radius 2 is 0.481 bits per heavy atom. The molecule has 6 N–H and O–H groups in total. The standard InChI is InChI=1S/C16H19N3O3.2C15H15F2N3O3.C15H16FN3O3.C14H15N3O3.C13H13N3O3/c1-16(2)6-9(7-16)10-4-12(18-19-15(10)22-3)11-8-17-14(21)5-13(11)20;2*1-23-14-9(8-2-3-15(16,17)6-8)4-11(19-20-14)10-7-18-13(22)5-12(10)21;1-15(16)5-8(6-15)9-3-11(18-19-14(9)22-2)10-7-17-13(21)4-12(10)20;1-20-14-9(8-3-2-4-8)5-11(16-17-14)10-7-15-13(19)6-12(10)18;1-19-13-8(7-2-3-7)4-10(15-16-13)9-6-14-12(18)5-11(9)17/h4,8-9H,5-7H2,1-3H3,(H,17,21);2*4,7-8H,2-3,5-6H2,1H3,(H,18,22);3,7-8H,4-6H2,1-2H3,(H,17,21);5,7-8H,2-4,6H2,1H3,(H,15,19);4,6-7H,2-3,5H2,1H3,(H,14,18). The lowest BCUT2D eigenvalue weighted by molar-refractivity contribution is -0.127. The van der Waals surface area contributed by atoms with Crippen LogP contribution in [-0.2, 0) is 57.5 Å². The van der Waals surface area contributed by atoms with E-state index in [-0.39, 0.29) is 163 Å². The Morgan fingerprint density at radius 1 is 0.271 bits per heavy atom. The van der Waals surface area contributed by atoms with Gasteiger partial charge >= 0.3 is 0 Å². The number of allylic oxidation sites excluding steroid dienone is 6. The lowest BCUT2D eigenvalue weighted by atomic mass is 9.62. The Bertz CT molecular complexity index is 5490. The Labute approximate surface area is 734 Å². The quantitative estimate of drug-likeness (QED) is 0.0345. The van der Waals surface area contributed by atoms with Crippen molar-refractivity contribution in [2.75, 3.05) is 42.7 Å². The number of nitrogens with one attached hydrogen (secondary N) is 6. The smallest absolute Gasteiger partial charge is 0.248 e. The third kappa shape index (κ3) is 22.4. The first-order chi connectivity index (χ1) is 61.4. The number of hydrogen-bond donors (Lipinski definition) is 6. The van der Waals surface area contributed by atoms with Gasteiger partial charge in [0, 0.05) is 96.3 Å². The molecule has 129 heavy (non-hydrogen) atoms. The maximum Gasteiger partial charge on any atom is 0.248 e. The summed E-state index contributed by atoms with van der Waals surface area (Å²) in [5, 5.41) is 62.9. The van der Waals surface area contributed by atoms with Crippen molar-refractivity contribution in [1.82, 2.24) is 93.1 Å². The molecule has 678 valence electrons. The van der Waals surface area contributed by atoms with E-state index in [9.17, 15) is 79.5 Å². The van der Waals surface area contributed by atoms with Crippen molar-refractivity contribution >= 4 is 104 Å². The van der Waals surface area contributed by atoms with Crippen molar-refractivity contribution in [2.24, 2.45) is 5.41 Å². The number of carbonyl (C=O) groups is 12. The van der Waals surface area contributed by atoms with E-state index >= 15 is 0 Å². The normalized spacial score (nSPS) is 22.4. The number of Topliss-reactive ketones (excluding diaryl/α,β-unsaturated/α-hetero) is 6.